The van der Waals surface area contributed by atoms with Gasteiger partial charge in [-0.2, -0.15) is 13.2 Å². The average molecular weight is 271 g/mol. The molecule has 0 spiro atoms. The number of pyridine rings is 1. The van der Waals surface area contributed by atoms with Crippen molar-refractivity contribution in [3.05, 3.63) is 41.2 Å². The molecule has 6 heteroatoms. The van der Waals surface area contributed by atoms with Gasteiger partial charge >= 0.3 is 6.18 Å². The molecule has 1 aromatic rings. The molecule has 1 aliphatic rings. The highest BCUT2D eigenvalue weighted by molar-refractivity contribution is 5.16. The van der Waals surface area contributed by atoms with Crippen molar-refractivity contribution < 1.29 is 13.2 Å². The van der Waals surface area contributed by atoms with Gasteiger partial charge in [-0.05, 0) is 18.1 Å². The molecule has 2 N–H and O–H groups in total. The Labute approximate surface area is 109 Å². The molecular formula is C13H16F3N3. The molecule has 0 saturated carbocycles. The topological polar surface area (TPSA) is 42.1 Å². The lowest BCUT2D eigenvalue weighted by molar-refractivity contribution is -0.0960. The molecule has 0 saturated heterocycles. The highest BCUT2D eigenvalue weighted by Gasteiger charge is 2.34. The van der Waals surface area contributed by atoms with Gasteiger partial charge in [0.2, 0.25) is 0 Å². The minimum atomic E-state index is -4.19. The first-order chi connectivity index (χ1) is 8.99. The van der Waals surface area contributed by atoms with Crippen LogP contribution >= 0.6 is 0 Å². The molecule has 104 valence electrons. The average Bonchev–Trinajstić information content (AvgIpc) is 2.39. The Morgan fingerprint density at radius 2 is 2.11 bits per heavy atom. The van der Waals surface area contributed by atoms with Crippen LogP contribution in [0.4, 0.5) is 13.2 Å². The van der Waals surface area contributed by atoms with E-state index in [1.54, 1.807) is 6.20 Å². The Hall–Kier alpha value is -1.40. The fraction of sp³-hybridized carbons (Fsp3) is 0.462. The Morgan fingerprint density at radius 3 is 2.58 bits per heavy atom. The minimum Gasteiger partial charge on any atom is -0.326 e. The van der Waals surface area contributed by atoms with Crippen molar-refractivity contribution in [2.75, 3.05) is 13.1 Å². The number of hydrogen-bond acceptors (Lipinski definition) is 3. The van der Waals surface area contributed by atoms with Crippen LogP contribution in [0.1, 0.15) is 17.7 Å². The molecule has 1 aromatic heterocycles. The molecule has 0 aromatic carbocycles. The van der Waals surface area contributed by atoms with Crippen LogP contribution in [0.3, 0.4) is 0 Å². The number of hydrogen-bond donors (Lipinski definition) is 1. The fourth-order valence-corrected chi connectivity index (χ4v) is 2.01. The maximum absolute atomic E-state index is 12.5. The van der Waals surface area contributed by atoms with E-state index in [1.165, 1.54) is 6.08 Å². The first-order valence-electron chi connectivity index (χ1n) is 6.11. The Kier molecular flexibility index (Phi) is 4.21. The van der Waals surface area contributed by atoms with Crippen molar-refractivity contribution in [1.29, 1.82) is 0 Å². The predicted molar refractivity (Wildman–Crippen MR) is 66.2 cm³/mol. The number of nitrogens with zero attached hydrogens (tertiary/aromatic N) is 2. The second-order valence-corrected chi connectivity index (χ2v) is 4.57. The number of aromatic nitrogens is 1. The van der Waals surface area contributed by atoms with Crippen LogP contribution in [0.15, 0.2) is 30.0 Å². The van der Waals surface area contributed by atoms with Crippen LogP contribution in [-0.4, -0.2) is 29.1 Å². The summed E-state index contributed by atoms with van der Waals surface area (Å²) in [6, 6.07) is 3.76. The van der Waals surface area contributed by atoms with Crippen LogP contribution in [0.25, 0.3) is 0 Å². The van der Waals surface area contributed by atoms with Gasteiger partial charge in [-0.25, -0.2) is 0 Å². The third-order valence-corrected chi connectivity index (χ3v) is 3.16. The van der Waals surface area contributed by atoms with Gasteiger partial charge in [0.1, 0.15) is 0 Å². The highest BCUT2D eigenvalue weighted by Crippen LogP contribution is 2.30. The number of alkyl halides is 3. The van der Waals surface area contributed by atoms with E-state index >= 15 is 0 Å². The van der Waals surface area contributed by atoms with Crippen LogP contribution in [0.2, 0.25) is 0 Å². The van der Waals surface area contributed by atoms with Gasteiger partial charge in [0.25, 0.3) is 0 Å². The Bertz CT molecular complexity index is 451. The quantitative estimate of drug-likeness (QED) is 0.857. The largest absolute Gasteiger partial charge is 0.412 e. The van der Waals surface area contributed by atoms with Gasteiger partial charge in [0.05, 0.1) is 5.69 Å². The molecule has 0 bridgehead atoms. The molecule has 19 heavy (non-hydrogen) atoms. The SMILES string of the molecule is NCc1ccc(CN2CC=C(C(F)(F)F)CC2)nc1. The molecular weight excluding hydrogens is 255 g/mol. The van der Waals surface area contributed by atoms with Gasteiger partial charge in [0.15, 0.2) is 0 Å². The van der Waals surface area contributed by atoms with Crippen LogP contribution in [-0.2, 0) is 13.1 Å². The Balaban J connectivity index is 1.93. The number of nitrogens with two attached hydrogens (primary N) is 1. The van der Waals surface area contributed by atoms with Gasteiger partial charge in [-0.3, -0.25) is 9.88 Å². The standard InChI is InChI=1S/C13H16F3N3/c14-13(15,16)11-3-5-19(6-4-11)9-12-2-1-10(7-17)8-18-12/h1-3,8H,4-7,9,17H2. The first-order valence-corrected chi connectivity index (χ1v) is 6.11. The second-order valence-electron chi connectivity index (χ2n) is 4.57. The summed E-state index contributed by atoms with van der Waals surface area (Å²) in [5, 5.41) is 0. The summed E-state index contributed by atoms with van der Waals surface area (Å²) in [7, 11) is 0. The maximum Gasteiger partial charge on any atom is 0.412 e. The summed E-state index contributed by atoms with van der Waals surface area (Å²) in [5.41, 5.74) is 6.85. The second kappa shape index (κ2) is 5.71. The van der Waals surface area contributed by atoms with E-state index in [1.807, 2.05) is 17.0 Å². The Morgan fingerprint density at radius 1 is 1.32 bits per heavy atom. The lowest BCUT2D eigenvalue weighted by Crippen LogP contribution is -2.31. The van der Waals surface area contributed by atoms with Gasteiger partial charge in [-0.1, -0.05) is 12.1 Å². The molecule has 0 fully saturated rings. The first kappa shape index (κ1) is 14.0. The minimum absolute atomic E-state index is 0.0460. The molecule has 3 nitrogen and oxygen atoms in total. The van der Waals surface area contributed by atoms with Crippen molar-refractivity contribution in [2.45, 2.75) is 25.7 Å². The van der Waals surface area contributed by atoms with Crippen LogP contribution in [0, 0.1) is 0 Å². The van der Waals surface area contributed by atoms with Gasteiger partial charge in [-0.15, -0.1) is 0 Å². The van der Waals surface area contributed by atoms with Crippen molar-refractivity contribution in [2.24, 2.45) is 5.73 Å². The molecule has 0 amide bonds. The summed E-state index contributed by atoms with van der Waals surface area (Å²) in [6.45, 7) is 1.72. The van der Waals surface area contributed by atoms with Gasteiger partial charge < -0.3 is 5.73 Å². The van der Waals surface area contributed by atoms with E-state index in [0.717, 1.165) is 11.3 Å². The summed E-state index contributed by atoms with van der Waals surface area (Å²) in [6.07, 6.45) is -1.18. The third-order valence-electron chi connectivity index (χ3n) is 3.16. The number of halogens is 3. The van der Waals surface area contributed by atoms with E-state index in [4.69, 9.17) is 5.73 Å². The van der Waals surface area contributed by atoms with E-state index < -0.39 is 11.7 Å². The highest BCUT2D eigenvalue weighted by atomic mass is 19.4. The number of rotatable bonds is 3. The molecule has 2 rings (SSSR count). The third kappa shape index (κ3) is 3.78. The molecule has 0 aliphatic carbocycles. The predicted octanol–water partition coefficient (Wildman–Crippen LogP) is 2.23. The summed E-state index contributed by atoms with van der Waals surface area (Å²) in [5.74, 6) is 0. The monoisotopic (exact) mass is 271 g/mol. The van der Waals surface area contributed by atoms with Crippen molar-refractivity contribution in [3.63, 3.8) is 0 Å². The summed E-state index contributed by atoms with van der Waals surface area (Å²) < 4.78 is 37.4. The molecule has 2 heterocycles. The summed E-state index contributed by atoms with van der Waals surface area (Å²) >= 11 is 0. The fourth-order valence-electron chi connectivity index (χ4n) is 2.01. The molecule has 0 atom stereocenters. The normalized spacial score (nSPS) is 17.4. The lowest BCUT2D eigenvalue weighted by Gasteiger charge is -2.26. The van der Waals surface area contributed by atoms with E-state index in [-0.39, 0.29) is 6.42 Å². The zero-order valence-electron chi connectivity index (χ0n) is 10.5. The van der Waals surface area contributed by atoms with Crippen molar-refractivity contribution in [1.82, 2.24) is 9.88 Å². The molecule has 0 unspecified atom stereocenters. The van der Waals surface area contributed by atoms with Gasteiger partial charge in [0, 0.05) is 37.9 Å². The van der Waals surface area contributed by atoms with E-state index in [0.29, 0.717) is 26.2 Å². The summed E-state index contributed by atoms with van der Waals surface area (Å²) in [4.78, 5) is 6.19. The van der Waals surface area contributed by atoms with Crippen molar-refractivity contribution in [3.8, 4) is 0 Å². The zero-order chi connectivity index (χ0) is 13.9. The van der Waals surface area contributed by atoms with E-state index in [9.17, 15) is 13.2 Å². The zero-order valence-corrected chi connectivity index (χ0v) is 10.5. The lowest BCUT2D eigenvalue weighted by atomic mass is 10.1. The molecule has 0 radical (unpaired) electrons. The molecule has 1 aliphatic heterocycles. The smallest absolute Gasteiger partial charge is 0.326 e. The maximum atomic E-state index is 12.5. The van der Waals surface area contributed by atoms with Crippen LogP contribution in [0.5, 0.6) is 0 Å². The van der Waals surface area contributed by atoms with Crippen molar-refractivity contribution >= 4 is 0 Å². The van der Waals surface area contributed by atoms with Crippen LogP contribution < -0.4 is 5.73 Å². The van der Waals surface area contributed by atoms with E-state index in [2.05, 4.69) is 4.98 Å².